The first kappa shape index (κ1) is 14.7. The number of hydrogen-bond donors (Lipinski definition) is 0. The largest absolute Gasteiger partial charge is 0.369 e. The molecule has 2 aromatic rings. The zero-order chi connectivity index (χ0) is 15.5. The van der Waals surface area contributed by atoms with Gasteiger partial charge in [-0.1, -0.05) is 12.1 Å². The number of Topliss-reactive ketones (excluding diaryl/α,β-unsaturated/α-hetero) is 1. The Bertz CT molecular complexity index is 661. The van der Waals surface area contributed by atoms with Gasteiger partial charge in [-0.25, -0.2) is 8.78 Å². The van der Waals surface area contributed by atoms with E-state index in [0.29, 0.717) is 37.2 Å². The molecular formula is C18H17F2NO. The van der Waals surface area contributed by atoms with E-state index in [9.17, 15) is 13.6 Å². The first-order valence-electron chi connectivity index (χ1n) is 7.44. The normalized spacial score (nSPS) is 15.8. The summed E-state index contributed by atoms with van der Waals surface area (Å²) in [6.45, 7) is 1.30. The van der Waals surface area contributed by atoms with Gasteiger partial charge in [0.2, 0.25) is 0 Å². The molecule has 0 amide bonds. The maximum Gasteiger partial charge on any atom is 0.166 e. The zero-order valence-electron chi connectivity index (χ0n) is 12.1. The van der Waals surface area contributed by atoms with E-state index in [1.165, 1.54) is 30.3 Å². The predicted molar refractivity (Wildman–Crippen MR) is 82.1 cm³/mol. The number of carbonyl (C=O) groups excluding carboxylic acids is 1. The Hall–Kier alpha value is -2.23. The average molecular weight is 301 g/mol. The van der Waals surface area contributed by atoms with E-state index in [1.54, 1.807) is 12.1 Å². The van der Waals surface area contributed by atoms with Crippen LogP contribution in [0.25, 0.3) is 0 Å². The second kappa shape index (κ2) is 6.26. The van der Waals surface area contributed by atoms with Crippen LogP contribution in [-0.2, 0) is 0 Å². The molecule has 0 atom stereocenters. The Morgan fingerprint density at radius 1 is 0.955 bits per heavy atom. The van der Waals surface area contributed by atoms with Crippen LogP contribution in [0.2, 0.25) is 0 Å². The third kappa shape index (κ3) is 3.01. The number of carbonyl (C=O) groups is 1. The second-order valence-electron chi connectivity index (χ2n) is 5.58. The highest BCUT2D eigenvalue weighted by Crippen LogP contribution is 2.27. The van der Waals surface area contributed by atoms with Crippen LogP contribution in [0.15, 0.2) is 48.5 Å². The molecule has 4 heteroatoms. The van der Waals surface area contributed by atoms with Gasteiger partial charge >= 0.3 is 0 Å². The molecule has 1 heterocycles. The third-order valence-electron chi connectivity index (χ3n) is 4.19. The molecule has 22 heavy (non-hydrogen) atoms. The van der Waals surface area contributed by atoms with Crippen molar-refractivity contribution in [2.24, 2.45) is 5.92 Å². The second-order valence-corrected chi connectivity index (χ2v) is 5.58. The maximum absolute atomic E-state index is 13.8. The molecule has 0 N–H and O–H groups in total. The Kier molecular flexibility index (Phi) is 4.18. The molecule has 1 fully saturated rings. The smallest absolute Gasteiger partial charge is 0.166 e. The molecule has 1 aliphatic heterocycles. The number of nitrogens with zero attached hydrogens (tertiary/aromatic N) is 1. The number of rotatable bonds is 3. The van der Waals surface area contributed by atoms with E-state index in [-0.39, 0.29) is 23.3 Å². The third-order valence-corrected chi connectivity index (χ3v) is 4.19. The van der Waals surface area contributed by atoms with Crippen LogP contribution in [0.5, 0.6) is 0 Å². The van der Waals surface area contributed by atoms with E-state index >= 15 is 0 Å². The van der Waals surface area contributed by atoms with Gasteiger partial charge in [0, 0.05) is 24.6 Å². The summed E-state index contributed by atoms with van der Waals surface area (Å²) in [5.41, 5.74) is 1.14. The van der Waals surface area contributed by atoms with E-state index in [2.05, 4.69) is 0 Å². The number of anilines is 1. The Morgan fingerprint density at radius 3 is 2.23 bits per heavy atom. The summed E-state index contributed by atoms with van der Waals surface area (Å²) in [6.07, 6.45) is 1.37. The standard InChI is InChI=1S/C18H17F2NO/c19-15-7-5-13(6-8-15)18(22)14-9-11-21(12-10-14)17-4-2-1-3-16(17)20/h1-8,14H,9-12H2. The van der Waals surface area contributed by atoms with E-state index in [4.69, 9.17) is 0 Å². The van der Waals surface area contributed by atoms with Crippen molar-refractivity contribution in [3.05, 3.63) is 65.7 Å². The van der Waals surface area contributed by atoms with E-state index in [0.717, 1.165) is 0 Å². The number of piperidine rings is 1. The summed E-state index contributed by atoms with van der Waals surface area (Å²) < 4.78 is 26.7. The van der Waals surface area contributed by atoms with Crippen LogP contribution >= 0.6 is 0 Å². The molecular weight excluding hydrogens is 284 g/mol. The first-order valence-corrected chi connectivity index (χ1v) is 7.44. The van der Waals surface area contributed by atoms with Gasteiger partial charge < -0.3 is 4.90 Å². The summed E-state index contributed by atoms with van der Waals surface area (Å²) in [7, 11) is 0. The van der Waals surface area contributed by atoms with E-state index < -0.39 is 0 Å². The molecule has 2 aromatic carbocycles. The lowest BCUT2D eigenvalue weighted by molar-refractivity contribution is 0.0900. The van der Waals surface area contributed by atoms with Crippen molar-refractivity contribution in [1.82, 2.24) is 0 Å². The van der Waals surface area contributed by atoms with Gasteiger partial charge in [-0.3, -0.25) is 4.79 Å². The fourth-order valence-corrected chi connectivity index (χ4v) is 2.94. The molecule has 0 saturated carbocycles. The summed E-state index contributed by atoms with van der Waals surface area (Å²) in [5, 5.41) is 0. The van der Waals surface area contributed by atoms with Gasteiger partial charge in [0.1, 0.15) is 11.6 Å². The highest BCUT2D eigenvalue weighted by molar-refractivity contribution is 5.97. The lowest BCUT2D eigenvalue weighted by atomic mass is 9.88. The Labute approximate surface area is 128 Å². The zero-order valence-corrected chi connectivity index (χ0v) is 12.1. The van der Waals surface area contributed by atoms with Crippen LogP contribution < -0.4 is 4.90 Å². The van der Waals surface area contributed by atoms with Gasteiger partial charge in [-0.2, -0.15) is 0 Å². The number of benzene rings is 2. The summed E-state index contributed by atoms with van der Waals surface area (Å²) >= 11 is 0. The molecule has 1 saturated heterocycles. The van der Waals surface area contributed by atoms with Crippen molar-refractivity contribution in [3.8, 4) is 0 Å². The summed E-state index contributed by atoms with van der Waals surface area (Å²) in [4.78, 5) is 14.4. The van der Waals surface area contributed by atoms with Crippen LogP contribution in [0.4, 0.5) is 14.5 Å². The topological polar surface area (TPSA) is 20.3 Å². The highest BCUT2D eigenvalue weighted by atomic mass is 19.1. The SMILES string of the molecule is O=C(c1ccc(F)cc1)C1CCN(c2ccccc2F)CC1. The molecule has 0 spiro atoms. The van der Waals surface area contributed by atoms with Crippen LogP contribution in [0, 0.1) is 17.6 Å². The van der Waals surface area contributed by atoms with Gasteiger partial charge in [0.25, 0.3) is 0 Å². The molecule has 2 nitrogen and oxygen atoms in total. The van der Waals surface area contributed by atoms with Gasteiger partial charge in [0.15, 0.2) is 5.78 Å². The molecule has 114 valence electrons. The van der Waals surface area contributed by atoms with Crippen molar-refractivity contribution >= 4 is 11.5 Å². The van der Waals surface area contributed by atoms with Gasteiger partial charge in [0.05, 0.1) is 5.69 Å². The number of ketones is 1. The lowest BCUT2D eigenvalue weighted by Gasteiger charge is -2.33. The minimum Gasteiger partial charge on any atom is -0.369 e. The number of hydrogen-bond acceptors (Lipinski definition) is 2. The van der Waals surface area contributed by atoms with Gasteiger partial charge in [-0.05, 0) is 49.2 Å². The quantitative estimate of drug-likeness (QED) is 0.797. The van der Waals surface area contributed by atoms with Crippen LogP contribution in [0.1, 0.15) is 23.2 Å². The summed E-state index contributed by atoms with van der Waals surface area (Å²) in [5.74, 6) is -0.599. The Morgan fingerprint density at radius 2 is 1.59 bits per heavy atom. The molecule has 0 aliphatic carbocycles. The van der Waals surface area contributed by atoms with E-state index in [1.807, 2.05) is 11.0 Å². The fourth-order valence-electron chi connectivity index (χ4n) is 2.94. The molecule has 0 aromatic heterocycles. The minimum absolute atomic E-state index is 0.0492. The average Bonchev–Trinajstić information content (AvgIpc) is 2.56. The molecule has 1 aliphatic rings. The molecule has 0 unspecified atom stereocenters. The van der Waals surface area contributed by atoms with Crippen molar-refractivity contribution in [1.29, 1.82) is 0 Å². The lowest BCUT2D eigenvalue weighted by Crippen LogP contribution is -2.36. The number of halogens is 2. The summed E-state index contributed by atoms with van der Waals surface area (Å²) in [6, 6.07) is 12.4. The van der Waals surface area contributed by atoms with Crippen molar-refractivity contribution in [2.75, 3.05) is 18.0 Å². The van der Waals surface area contributed by atoms with Crippen LogP contribution in [0.3, 0.4) is 0 Å². The number of para-hydroxylation sites is 1. The van der Waals surface area contributed by atoms with Crippen molar-refractivity contribution in [2.45, 2.75) is 12.8 Å². The minimum atomic E-state index is -0.342. The Balaban J connectivity index is 1.65. The van der Waals surface area contributed by atoms with Crippen molar-refractivity contribution in [3.63, 3.8) is 0 Å². The fraction of sp³-hybridized carbons (Fsp3) is 0.278. The maximum atomic E-state index is 13.8. The first-order chi connectivity index (χ1) is 10.6. The highest BCUT2D eigenvalue weighted by Gasteiger charge is 2.26. The molecule has 3 rings (SSSR count). The predicted octanol–water partition coefficient (Wildman–Crippen LogP) is 4.06. The van der Waals surface area contributed by atoms with Gasteiger partial charge in [-0.15, -0.1) is 0 Å². The molecule has 0 bridgehead atoms. The molecule has 0 radical (unpaired) electrons. The van der Waals surface area contributed by atoms with Crippen LogP contribution in [-0.4, -0.2) is 18.9 Å². The van der Waals surface area contributed by atoms with Crippen molar-refractivity contribution < 1.29 is 13.6 Å². The monoisotopic (exact) mass is 301 g/mol.